The molecule has 1 unspecified atom stereocenters. The zero-order valence-corrected chi connectivity index (χ0v) is 12.3. The van der Waals surface area contributed by atoms with E-state index in [1.807, 2.05) is 26.8 Å². The highest BCUT2D eigenvalue weighted by molar-refractivity contribution is 7.20. The molecule has 0 spiro atoms. The second-order valence-electron chi connectivity index (χ2n) is 4.10. The molecule has 0 saturated heterocycles. The number of nitrogens with one attached hydrogen (secondary N) is 2. The number of carbonyl (C=O) groups excluding carboxylic acids is 1. The Hall–Kier alpha value is -0.290. The van der Waals surface area contributed by atoms with Gasteiger partial charge in [0.05, 0.1) is 15.2 Å². The fraction of sp³-hybridized carbons (Fsp3) is 0.545. The monoisotopic (exact) mass is 294 g/mol. The van der Waals surface area contributed by atoms with Gasteiger partial charge in [0.15, 0.2) is 0 Å². The molecule has 0 aromatic carbocycles. The van der Waals surface area contributed by atoms with Gasteiger partial charge in [0.25, 0.3) is 0 Å². The smallest absolute Gasteiger partial charge is 0.234 e. The SMILES string of the molecule is CC(C)NC(=O)CNC(C)c1cc(Cl)sc1Cl. The molecular weight excluding hydrogens is 279 g/mol. The van der Waals surface area contributed by atoms with Crippen molar-refractivity contribution in [2.75, 3.05) is 6.54 Å². The molecule has 1 aromatic rings. The van der Waals surface area contributed by atoms with Crippen LogP contribution in [0, 0.1) is 0 Å². The summed E-state index contributed by atoms with van der Waals surface area (Å²) in [5, 5.41) is 5.92. The Kier molecular flexibility index (Phi) is 5.73. The maximum Gasteiger partial charge on any atom is 0.234 e. The molecule has 0 aliphatic heterocycles. The lowest BCUT2D eigenvalue weighted by Crippen LogP contribution is -2.38. The van der Waals surface area contributed by atoms with Crippen LogP contribution >= 0.6 is 34.5 Å². The van der Waals surface area contributed by atoms with Gasteiger partial charge in [0, 0.05) is 12.1 Å². The van der Waals surface area contributed by atoms with Gasteiger partial charge >= 0.3 is 0 Å². The Morgan fingerprint density at radius 3 is 2.53 bits per heavy atom. The van der Waals surface area contributed by atoms with Crippen LogP contribution in [0.4, 0.5) is 0 Å². The number of rotatable bonds is 5. The number of amides is 1. The van der Waals surface area contributed by atoms with Gasteiger partial charge in [-0.05, 0) is 32.4 Å². The molecule has 0 radical (unpaired) electrons. The van der Waals surface area contributed by atoms with E-state index in [0.717, 1.165) is 5.56 Å². The number of hydrogen-bond donors (Lipinski definition) is 2. The molecule has 2 N–H and O–H groups in total. The van der Waals surface area contributed by atoms with Crippen LogP contribution in [0.2, 0.25) is 8.67 Å². The molecule has 1 atom stereocenters. The minimum Gasteiger partial charge on any atom is -0.353 e. The van der Waals surface area contributed by atoms with E-state index in [1.54, 1.807) is 0 Å². The minimum absolute atomic E-state index is 0.00385. The second-order valence-corrected chi connectivity index (χ2v) is 6.39. The standard InChI is InChI=1S/C11H16Cl2N2OS/c1-6(2)15-10(16)5-14-7(3)8-4-9(12)17-11(8)13/h4,6-7,14H,5H2,1-3H3,(H,15,16). The molecule has 1 rings (SSSR count). The third-order valence-electron chi connectivity index (χ3n) is 2.17. The van der Waals surface area contributed by atoms with Crippen LogP contribution in [-0.2, 0) is 4.79 Å². The summed E-state index contributed by atoms with van der Waals surface area (Å²) in [5.74, 6) is -0.0238. The number of thiophene rings is 1. The zero-order chi connectivity index (χ0) is 13.0. The predicted octanol–water partition coefficient (Wildman–Crippen LogP) is 3.23. The third-order valence-corrected chi connectivity index (χ3v) is 3.69. The van der Waals surface area contributed by atoms with E-state index in [9.17, 15) is 4.79 Å². The molecule has 1 aromatic heterocycles. The second kappa shape index (κ2) is 6.59. The molecule has 0 bridgehead atoms. The lowest BCUT2D eigenvalue weighted by Gasteiger charge is -2.14. The number of carbonyl (C=O) groups is 1. The molecule has 3 nitrogen and oxygen atoms in total. The zero-order valence-electron chi connectivity index (χ0n) is 10.0. The maximum atomic E-state index is 11.4. The van der Waals surface area contributed by atoms with Crippen molar-refractivity contribution < 1.29 is 4.79 Å². The molecule has 6 heteroatoms. The first-order valence-electron chi connectivity index (χ1n) is 5.37. The predicted molar refractivity (Wildman–Crippen MR) is 74.0 cm³/mol. The molecule has 0 aliphatic carbocycles. The molecule has 96 valence electrons. The summed E-state index contributed by atoms with van der Waals surface area (Å²) in [6.07, 6.45) is 0. The summed E-state index contributed by atoms with van der Waals surface area (Å²) in [5.41, 5.74) is 0.930. The fourth-order valence-electron chi connectivity index (χ4n) is 1.38. The van der Waals surface area contributed by atoms with Crippen molar-refractivity contribution in [1.29, 1.82) is 0 Å². The average molecular weight is 295 g/mol. The van der Waals surface area contributed by atoms with Crippen molar-refractivity contribution in [3.05, 3.63) is 20.3 Å². The molecule has 0 fully saturated rings. The molecule has 17 heavy (non-hydrogen) atoms. The summed E-state index contributed by atoms with van der Waals surface area (Å²) in [4.78, 5) is 11.4. The minimum atomic E-state index is -0.0238. The van der Waals surface area contributed by atoms with E-state index in [2.05, 4.69) is 10.6 Å². The third kappa shape index (κ3) is 4.84. The van der Waals surface area contributed by atoms with E-state index in [1.165, 1.54) is 11.3 Å². The Balaban J connectivity index is 2.47. The topological polar surface area (TPSA) is 41.1 Å². The van der Waals surface area contributed by atoms with Gasteiger partial charge in [-0.25, -0.2) is 0 Å². The van der Waals surface area contributed by atoms with Crippen LogP contribution in [0.3, 0.4) is 0 Å². The summed E-state index contributed by atoms with van der Waals surface area (Å²) < 4.78 is 1.32. The molecular formula is C11H16Cl2N2OS. The van der Waals surface area contributed by atoms with Gasteiger partial charge in [-0.15, -0.1) is 11.3 Å². The fourth-order valence-corrected chi connectivity index (χ4v) is 3.02. The first kappa shape index (κ1) is 14.8. The Morgan fingerprint density at radius 2 is 2.06 bits per heavy atom. The van der Waals surface area contributed by atoms with Gasteiger partial charge in [-0.1, -0.05) is 23.2 Å². The van der Waals surface area contributed by atoms with Gasteiger partial charge in [0.1, 0.15) is 0 Å². The van der Waals surface area contributed by atoms with Crippen LogP contribution < -0.4 is 10.6 Å². The van der Waals surface area contributed by atoms with Gasteiger partial charge in [-0.3, -0.25) is 4.79 Å². The van der Waals surface area contributed by atoms with Gasteiger partial charge in [-0.2, -0.15) is 0 Å². The molecule has 1 heterocycles. The van der Waals surface area contributed by atoms with E-state index in [-0.39, 0.29) is 24.5 Å². The van der Waals surface area contributed by atoms with E-state index in [0.29, 0.717) is 8.67 Å². The summed E-state index contributed by atoms with van der Waals surface area (Å²) in [7, 11) is 0. The van der Waals surface area contributed by atoms with Crippen molar-refractivity contribution in [2.45, 2.75) is 32.9 Å². The largest absolute Gasteiger partial charge is 0.353 e. The Labute approximate surface area is 115 Å². The highest BCUT2D eigenvalue weighted by Gasteiger charge is 2.14. The van der Waals surface area contributed by atoms with E-state index < -0.39 is 0 Å². The first-order valence-corrected chi connectivity index (χ1v) is 6.95. The average Bonchev–Trinajstić information content (AvgIpc) is 2.53. The van der Waals surface area contributed by atoms with E-state index >= 15 is 0 Å². The summed E-state index contributed by atoms with van der Waals surface area (Å²) in [6.45, 7) is 6.07. The van der Waals surface area contributed by atoms with Gasteiger partial charge in [0.2, 0.25) is 5.91 Å². The highest BCUT2D eigenvalue weighted by Crippen LogP contribution is 2.34. The quantitative estimate of drug-likeness (QED) is 0.875. The Bertz CT molecular complexity index is 393. The van der Waals surface area contributed by atoms with Crippen molar-refractivity contribution in [3.63, 3.8) is 0 Å². The van der Waals surface area contributed by atoms with Crippen LogP contribution in [-0.4, -0.2) is 18.5 Å². The molecule has 0 aliphatic rings. The van der Waals surface area contributed by atoms with Crippen LogP contribution in [0.15, 0.2) is 6.07 Å². The number of hydrogen-bond acceptors (Lipinski definition) is 3. The summed E-state index contributed by atoms with van der Waals surface area (Å²) >= 11 is 13.2. The first-order chi connectivity index (χ1) is 7.90. The van der Waals surface area contributed by atoms with E-state index in [4.69, 9.17) is 23.2 Å². The maximum absolute atomic E-state index is 11.4. The van der Waals surface area contributed by atoms with Crippen LogP contribution in [0.25, 0.3) is 0 Å². The normalized spacial score (nSPS) is 12.8. The lowest BCUT2D eigenvalue weighted by molar-refractivity contribution is -0.120. The summed E-state index contributed by atoms with van der Waals surface area (Å²) in [6, 6.07) is 1.98. The Morgan fingerprint density at radius 1 is 1.41 bits per heavy atom. The lowest BCUT2D eigenvalue weighted by atomic mass is 10.2. The van der Waals surface area contributed by atoms with Crippen molar-refractivity contribution in [2.24, 2.45) is 0 Å². The van der Waals surface area contributed by atoms with Crippen molar-refractivity contribution >= 4 is 40.4 Å². The number of halogens is 2. The van der Waals surface area contributed by atoms with Gasteiger partial charge < -0.3 is 10.6 Å². The molecule has 0 saturated carbocycles. The van der Waals surface area contributed by atoms with Crippen molar-refractivity contribution in [3.8, 4) is 0 Å². The van der Waals surface area contributed by atoms with Crippen LogP contribution in [0.1, 0.15) is 32.4 Å². The highest BCUT2D eigenvalue weighted by atomic mass is 35.5. The van der Waals surface area contributed by atoms with Crippen LogP contribution in [0.5, 0.6) is 0 Å². The molecule has 1 amide bonds. The van der Waals surface area contributed by atoms with Crippen molar-refractivity contribution in [1.82, 2.24) is 10.6 Å².